The highest BCUT2D eigenvalue weighted by Crippen LogP contribution is 2.20. The van der Waals surface area contributed by atoms with Crippen LogP contribution in [0.2, 0.25) is 0 Å². The minimum atomic E-state index is -1.07. The molecule has 108 valence electrons. The zero-order valence-electron chi connectivity index (χ0n) is 11.5. The Bertz CT molecular complexity index is 660. The second kappa shape index (κ2) is 6.70. The number of aliphatic carboxylic acids is 1. The molecule has 21 heavy (non-hydrogen) atoms. The van der Waals surface area contributed by atoms with Gasteiger partial charge in [-0.3, -0.25) is 0 Å². The third-order valence-electron chi connectivity index (χ3n) is 2.89. The zero-order chi connectivity index (χ0) is 15.2. The lowest BCUT2D eigenvalue weighted by Crippen LogP contribution is -1.97. The van der Waals surface area contributed by atoms with Crippen molar-refractivity contribution >= 4 is 12.0 Å². The summed E-state index contributed by atoms with van der Waals surface area (Å²) >= 11 is 0. The van der Waals surface area contributed by atoms with Gasteiger partial charge in [0.25, 0.3) is 0 Å². The van der Waals surface area contributed by atoms with Crippen LogP contribution in [-0.4, -0.2) is 11.1 Å². The number of carbonyl (C=O) groups is 1. The largest absolute Gasteiger partial charge is 0.486 e. The normalized spacial score (nSPS) is 10.8. The van der Waals surface area contributed by atoms with Crippen LogP contribution in [0.3, 0.4) is 0 Å². The standard InChI is InChI=1S/C17H15FO3/c1-12-2-4-14(5-3-12)11-21-16-8-6-13(10-15(16)18)7-9-17(19)20/h2-10H,11H2,1H3,(H,19,20)/b9-7+. The van der Waals surface area contributed by atoms with Gasteiger partial charge >= 0.3 is 5.97 Å². The number of rotatable bonds is 5. The molecule has 0 unspecified atom stereocenters. The van der Waals surface area contributed by atoms with E-state index in [1.54, 1.807) is 6.07 Å². The molecule has 0 saturated heterocycles. The van der Waals surface area contributed by atoms with Crippen LogP contribution in [0.15, 0.2) is 48.5 Å². The molecule has 0 fully saturated rings. The average molecular weight is 286 g/mol. The predicted molar refractivity (Wildman–Crippen MR) is 78.6 cm³/mol. The third kappa shape index (κ3) is 4.45. The molecule has 0 atom stereocenters. The predicted octanol–water partition coefficient (Wildman–Crippen LogP) is 3.81. The minimum Gasteiger partial charge on any atom is -0.486 e. The van der Waals surface area contributed by atoms with Crippen molar-refractivity contribution in [1.29, 1.82) is 0 Å². The molecule has 0 aliphatic carbocycles. The van der Waals surface area contributed by atoms with Crippen molar-refractivity contribution in [3.8, 4) is 5.75 Å². The summed E-state index contributed by atoms with van der Waals surface area (Å²) in [6.45, 7) is 2.27. The summed E-state index contributed by atoms with van der Waals surface area (Å²) in [7, 11) is 0. The van der Waals surface area contributed by atoms with E-state index in [-0.39, 0.29) is 12.4 Å². The van der Waals surface area contributed by atoms with E-state index in [9.17, 15) is 9.18 Å². The number of aryl methyl sites for hydroxylation is 1. The number of hydrogen-bond donors (Lipinski definition) is 1. The van der Waals surface area contributed by atoms with Crippen LogP contribution in [0, 0.1) is 12.7 Å². The summed E-state index contributed by atoms with van der Waals surface area (Å²) < 4.78 is 19.3. The van der Waals surface area contributed by atoms with Crippen LogP contribution < -0.4 is 4.74 Å². The molecule has 0 amide bonds. The van der Waals surface area contributed by atoms with Gasteiger partial charge in [0.15, 0.2) is 11.6 Å². The summed E-state index contributed by atoms with van der Waals surface area (Å²) in [5.41, 5.74) is 2.58. The number of halogens is 1. The lowest BCUT2D eigenvalue weighted by atomic mass is 10.1. The zero-order valence-corrected chi connectivity index (χ0v) is 11.5. The summed E-state index contributed by atoms with van der Waals surface area (Å²) in [6.07, 6.45) is 2.29. The SMILES string of the molecule is Cc1ccc(COc2ccc(/C=C/C(=O)O)cc2F)cc1. The van der Waals surface area contributed by atoms with Gasteiger partial charge in [0, 0.05) is 6.08 Å². The molecule has 2 aromatic rings. The minimum absolute atomic E-state index is 0.142. The van der Waals surface area contributed by atoms with Gasteiger partial charge in [-0.25, -0.2) is 9.18 Å². The summed E-state index contributed by atoms with van der Waals surface area (Å²) in [5.74, 6) is -1.45. The molecule has 0 spiro atoms. The number of carboxylic acids is 1. The number of ether oxygens (including phenoxy) is 1. The van der Waals surface area contributed by atoms with E-state index >= 15 is 0 Å². The maximum Gasteiger partial charge on any atom is 0.328 e. The van der Waals surface area contributed by atoms with E-state index in [1.165, 1.54) is 18.2 Å². The lowest BCUT2D eigenvalue weighted by molar-refractivity contribution is -0.131. The highest BCUT2D eigenvalue weighted by molar-refractivity contribution is 5.85. The van der Waals surface area contributed by atoms with Gasteiger partial charge < -0.3 is 9.84 Å². The van der Waals surface area contributed by atoms with Gasteiger partial charge in [0.1, 0.15) is 6.61 Å². The van der Waals surface area contributed by atoms with Crippen LogP contribution >= 0.6 is 0 Å². The van der Waals surface area contributed by atoms with Gasteiger partial charge in [0.2, 0.25) is 0 Å². The molecule has 0 aliphatic rings. The molecular weight excluding hydrogens is 271 g/mol. The van der Waals surface area contributed by atoms with Gasteiger partial charge in [-0.05, 0) is 36.3 Å². The highest BCUT2D eigenvalue weighted by Gasteiger charge is 2.04. The van der Waals surface area contributed by atoms with Gasteiger partial charge in [0.05, 0.1) is 0 Å². The van der Waals surface area contributed by atoms with Crippen LogP contribution in [0.1, 0.15) is 16.7 Å². The van der Waals surface area contributed by atoms with Crippen LogP contribution in [0.5, 0.6) is 5.75 Å². The Morgan fingerprint density at radius 1 is 1.24 bits per heavy atom. The van der Waals surface area contributed by atoms with E-state index < -0.39 is 11.8 Å². The lowest BCUT2D eigenvalue weighted by Gasteiger charge is -2.08. The fraction of sp³-hybridized carbons (Fsp3) is 0.118. The first-order chi connectivity index (χ1) is 10.0. The second-order valence-corrected chi connectivity index (χ2v) is 4.64. The van der Waals surface area contributed by atoms with Gasteiger partial charge in [-0.1, -0.05) is 35.9 Å². The van der Waals surface area contributed by atoms with Gasteiger partial charge in [-0.15, -0.1) is 0 Å². The quantitative estimate of drug-likeness (QED) is 0.850. The molecule has 3 nitrogen and oxygen atoms in total. The van der Waals surface area contributed by atoms with Crippen molar-refractivity contribution in [3.63, 3.8) is 0 Å². The van der Waals surface area contributed by atoms with E-state index in [4.69, 9.17) is 9.84 Å². The molecule has 0 heterocycles. The summed E-state index contributed by atoms with van der Waals surface area (Å²) in [4.78, 5) is 10.4. The average Bonchev–Trinajstić information content (AvgIpc) is 2.46. The topological polar surface area (TPSA) is 46.5 Å². The molecule has 0 bridgehead atoms. The molecule has 1 N–H and O–H groups in total. The van der Waals surface area contributed by atoms with E-state index in [0.29, 0.717) is 5.56 Å². The van der Waals surface area contributed by atoms with E-state index in [0.717, 1.165) is 17.2 Å². The van der Waals surface area contributed by atoms with Crippen molar-refractivity contribution in [2.24, 2.45) is 0 Å². The number of carboxylic acid groups (broad SMARTS) is 1. The fourth-order valence-corrected chi connectivity index (χ4v) is 1.75. The molecular formula is C17H15FO3. The summed E-state index contributed by atoms with van der Waals surface area (Å²) in [5, 5.41) is 8.52. The van der Waals surface area contributed by atoms with Gasteiger partial charge in [-0.2, -0.15) is 0 Å². The van der Waals surface area contributed by atoms with Crippen molar-refractivity contribution in [2.75, 3.05) is 0 Å². The first kappa shape index (κ1) is 14.8. The Morgan fingerprint density at radius 2 is 1.95 bits per heavy atom. The molecule has 0 radical (unpaired) electrons. The van der Waals surface area contributed by atoms with Crippen LogP contribution in [0.4, 0.5) is 4.39 Å². The maximum absolute atomic E-state index is 13.8. The van der Waals surface area contributed by atoms with E-state index in [2.05, 4.69) is 0 Å². The molecule has 0 aromatic heterocycles. The Balaban J connectivity index is 2.04. The van der Waals surface area contributed by atoms with Crippen LogP contribution in [-0.2, 0) is 11.4 Å². The number of benzene rings is 2. The number of hydrogen-bond acceptors (Lipinski definition) is 2. The Labute approximate surface area is 122 Å². The summed E-state index contributed by atoms with van der Waals surface area (Å²) in [6, 6.07) is 12.1. The monoisotopic (exact) mass is 286 g/mol. The molecule has 2 aromatic carbocycles. The molecule has 0 saturated carbocycles. The third-order valence-corrected chi connectivity index (χ3v) is 2.89. The van der Waals surface area contributed by atoms with Crippen LogP contribution in [0.25, 0.3) is 6.08 Å². The van der Waals surface area contributed by atoms with Crippen molar-refractivity contribution in [3.05, 3.63) is 71.0 Å². The molecule has 4 heteroatoms. The fourth-order valence-electron chi connectivity index (χ4n) is 1.75. The molecule has 0 aliphatic heterocycles. The highest BCUT2D eigenvalue weighted by atomic mass is 19.1. The smallest absolute Gasteiger partial charge is 0.328 e. The molecule has 2 rings (SSSR count). The van der Waals surface area contributed by atoms with Crippen molar-refractivity contribution < 1.29 is 19.0 Å². The van der Waals surface area contributed by atoms with E-state index in [1.807, 2.05) is 31.2 Å². The Hall–Kier alpha value is -2.62. The Morgan fingerprint density at radius 3 is 2.57 bits per heavy atom. The first-order valence-corrected chi connectivity index (χ1v) is 6.43. The Kier molecular flexibility index (Phi) is 4.72. The first-order valence-electron chi connectivity index (χ1n) is 6.43. The van der Waals surface area contributed by atoms with Crippen molar-refractivity contribution in [1.82, 2.24) is 0 Å². The maximum atomic E-state index is 13.8. The second-order valence-electron chi connectivity index (χ2n) is 4.64. The van der Waals surface area contributed by atoms with Crippen molar-refractivity contribution in [2.45, 2.75) is 13.5 Å².